The van der Waals surface area contributed by atoms with Crippen LogP contribution in [0.1, 0.15) is 4.88 Å². The van der Waals surface area contributed by atoms with Crippen molar-refractivity contribution in [3.05, 3.63) is 29.5 Å². The quantitative estimate of drug-likeness (QED) is 0.625. The number of aromatic hydroxyl groups is 1. The molecule has 5 nitrogen and oxygen atoms in total. The standard InChI is InChI=1S/C9H7N3O2S/c13-3-1-2-8-5-10-9(15-8)12-6-7(14)4-11-12/h1-6,14H/b2-1+. The Morgan fingerprint density at radius 2 is 2.33 bits per heavy atom. The molecule has 0 atom stereocenters. The molecule has 0 saturated carbocycles. The monoisotopic (exact) mass is 221 g/mol. The molecule has 0 aromatic carbocycles. The van der Waals surface area contributed by atoms with Gasteiger partial charge in [0.15, 0.2) is 5.75 Å². The Balaban J connectivity index is 2.27. The molecular formula is C9H7N3O2S. The first kappa shape index (κ1) is 9.60. The molecule has 0 amide bonds. The normalized spacial score (nSPS) is 10.9. The highest BCUT2D eigenvalue weighted by Crippen LogP contribution is 2.19. The minimum Gasteiger partial charge on any atom is -0.505 e. The summed E-state index contributed by atoms with van der Waals surface area (Å²) in [6, 6.07) is 0. The molecule has 0 aliphatic carbocycles. The summed E-state index contributed by atoms with van der Waals surface area (Å²) in [7, 11) is 0. The Morgan fingerprint density at radius 1 is 1.47 bits per heavy atom. The van der Waals surface area contributed by atoms with Gasteiger partial charge in [-0.15, -0.1) is 0 Å². The van der Waals surface area contributed by atoms with Crippen molar-refractivity contribution in [3.63, 3.8) is 0 Å². The van der Waals surface area contributed by atoms with E-state index in [1.807, 2.05) is 0 Å². The Bertz CT molecular complexity index is 501. The van der Waals surface area contributed by atoms with E-state index in [0.29, 0.717) is 11.4 Å². The van der Waals surface area contributed by atoms with Crippen LogP contribution in [0.2, 0.25) is 0 Å². The third kappa shape index (κ3) is 2.10. The Labute approximate surface area is 89.3 Å². The number of rotatable bonds is 3. The zero-order chi connectivity index (χ0) is 10.7. The van der Waals surface area contributed by atoms with Crippen molar-refractivity contribution in [1.82, 2.24) is 14.8 Å². The van der Waals surface area contributed by atoms with Gasteiger partial charge in [-0.3, -0.25) is 4.79 Å². The summed E-state index contributed by atoms with van der Waals surface area (Å²) in [5.74, 6) is 0.0928. The van der Waals surface area contributed by atoms with E-state index in [1.54, 1.807) is 12.3 Å². The predicted molar refractivity (Wildman–Crippen MR) is 56.0 cm³/mol. The average molecular weight is 221 g/mol. The van der Waals surface area contributed by atoms with E-state index in [2.05, 4.69) is 10.1 Å². The summed E-state index contributed by atoms with van der Waals surface area (Å²) in [6.07, 6.45) is 8.21. The lowest BCUT2D eigenvalue weighted by Gasteiger charge is -1.90. The van der Waals surface area contributed by atoms with Crippen LogP contribution >= 0.6 is 11.3 Å². The summed E-state index contributed by atoms with van der Waals surface area (Å²) in [6.45, 7) is 0. The van der Waals surface area contributed by atoms with Crippen LogP contribution in [-0.4, -0.2) is 26.2 Å². The third-order valence-corrected chi connectivity index (χ3v) is 2.57. The van der Waals surface area contributed by atoms with E-state index in [9.17, 15) is 4.79 Å². The van der Waals surface area contributed by atoms with Crippen LogP contribution in [0.3, 0.4) is 0 Å². The van der Waals surface area contributed by atoms with Gasteiger partial charge < -0.3 is 5.11 Å². The second kappa shape index (κ2) is 4.05. The van der Waals surface area contributed by atoms with Gasteiger partial charge in [-0.25, -0.2) is 9.67 Å². The molecule has 6 heteroatoms. The van der Waals surface area contributed by atoms with Gasteiger partial charge in [0.05, 0.1) is 12.4 Å². The fourth-order valence-electron chi connectivity index (χ4n) is 1.01. The second-order valence-electron chi connectivity index (χ2n) is 2.68. The SMILES string of the molecule is O=C/C=C/c1cnc(-n2cc(O)cn2)s1. The van der Waals surface area contributed by atoms with Gasteiger partial charge in [0.25, 0.3) is 0 Å². The lowest BCUT2D eigenvalue weighted by molar-refractivity contribution is -0.104. The molecular weight excluding hydrogens is 214 g/mol. The van der Waals surface area contributed by atoms with Crippen LogP contribution in [0.4, 0.5) is 0 Å². The minimum atomic E-state index is 0.0928. The van der Waals surface area contributed by atoms with Gasteiger partial charge in [0.1, 0.15) is 6.29 Å². The van der Waals surface area contributed by atoms with Crippen molar-refractivity contribution in [1.29, 1.82) is 0 Å². The molecule has 2 rings (SSSR count). The van der Waals surface area contributed by atoms with Crippen molar-refractivity contribution in [3.8, 4) is 10.9 Å². The molecule has 0 unspecified atom stereocenters. The zero-order valence-corrected chi connectivity index (χ0v) is 8.39. The summed E-state index contributed by atoms with van der Waals surface area (Å²) in [5, 5.41) is 13.6. The molecule has 15 heavy (non-hydrogen) atoms. The van der Waals surface area contributed by atoms with E-state index >= 15 is 0 Å². The smallest absolute Gasteiger partial charge is 0.210 e. The van der Waals surface area contributed by atoms with E-state index in [-0.39, 0.29) is 5.75 Å². The van der Waals surface area contributed by atoms with Crippen molar-refractivity contribution in [2.75, 3.05) is 0 Å². The molecule has 0 aliphatic rings. The highest BCUT2D eigenvalue weighted by atomic mass is 32.1. The fourth-order valence-corrected chi connectivity index (χ4v) is 1.77. The number of allylic oxidation sites excluding steroid dienone is 1. The number of carbonyl (C=O) groups excluding carboxylic acids is 1. The summed E-state index contributed by atoms with van der Waals surface area (Å²) >= 11 is 1.37. The zero-order valence-electron chi connectivity index (χ0n) is 7.57. The number of carbonyl (C=O) groups is 1. The topological polar surface area (TPSA) is 68.0 Å². The molecule has 0 bridgehead atoms. The Kier molecular flexibility index (Phi) is 2.59. The van der Waals surface area contributed by atoms with Crippen molar-refractivity contribution >= 4 is 23.7 Å². The van der Waals surface area contributed by atoms with Crippen LogP contribution in [0.25, 0.3) is 11.2 Å². The summed E-state index contributed by atoms with van der Waals surface area (Å²) in [4.78, 5) is 15.1. The van der Waals surface area contributed by atoms with Gasteiger partial charge in [0, 0.05) is 11.1 Å². The van der Waals surface area contributed by atoms with Crippen molar-refractivity contribution in [2.45, 2.75) is 0 Å². The maximum absolute atomic E-state index is 10.1. The molecule has 1 N–H and O–H groups in total. The van der Waals surface area contributed by atoms with E-state index in [4.69, 9.17) is 5.11 Å². The van der Waals surface area contributed by atoms with Gasteiger partial charge >= 0.3 is 0 Å². The van der Waals surface area contributed by atoms with E-state index in [1.165, 1.54) is 34.5 Å². The lowest BCUT2D eigenvalue weighted by atomic mass is 10.5. The van der Waals surface area contributed by atoms with Gasteiger partial charge in [-0.1, -0.05) is 11.3 Å². The Morgan fingerprint density at radius 3 is 3.00 bits per heavy atom. The van der Waals surface area contributed by atoms with Crippen LogP contribution < -0.4 is 0 Å². The van der Waals surface area contributed by atoms with Crippen molar-refractivity contribution in [2.24, 2.45) is 0 Å². The van der Waals surface area contributed by atoms with Crippen molar-refractivity contribution < 1.29 is 9.90 Å². The molecule has 2 aromatic rings. The number of thiazole rings is 1. The number of hydrogen-bond donors (Lipinski definition) is 1. The van der Waals surface area contributed by atoms with Gasteiger partial charge in [0.2, 0.25) is 5.13 Å². The first-order valence-electron chi connectivity index (χ1n) is 4.11. The average Bonchev–Trinajstić information content (AvgIpc) is 2.83. The Hall–Kier alpha value is -1.95. The van der Waals surface area contributed by atoms with E-state index < -0.39 is 0 Å². The maximum Gasteiger partial charge on any atom is 0.210 e. The van der Waals surface area contributed by atoms with Crippen LogP contribution in [0.15, 0.2) is 24.7 Å². The molecule has 0 radical (unpaired) electrons. The molecule has 2 aromatic heterocycles. The summed E-state index contributed by atoms with van der Waals surface area (Å²) in [5.41, 5.74) is 0. The highest BCUT2D eigenvalue weighted by molar-refractivity contribution is 7.14. The van der Waals surface area contributed by atoms with Gasteiger partial charge in [-0.05, 0) is 12.2 Å². The largest absolute Gasteiger partial charge is 0.505 e. The number of aldehydes is 1. The van der Waals surface area contributed by atoms with Crippen LogP contribution in [0, 0.1) is 0 Å². The van der Waals surface area contributed by atoms with Crippen LogP contribution in [0.5, 0.6) is 5.75 Å². The maximum atomic E-state index is 10.1. The van der Waals surface area contributed by atoms with Crippen LogP contribution in [-0.2, 0) is 4.79 Å². The van der Waals surface area contributed by atoms with Gasteiger partial charge in [-0.2, -0.15) is 5.10 Å². The second-order valence-corrected chi connectivity index (χ2v) is 3.72. The highest BCUT2D eigenvalue weighted by Gasteiger charge is 2.03. The number of aromatic nitrogens is 3. The predicted octanol–water partition coefficient (Wildman–Crippen LogP) is 1.25. The lowest BCUT2D eigenvalue weighted by Crippen LogP contribution is -1.91. The fraction of sp³-hybridized carbons (Fsp3) is 0. The molecule has 0 spiro atoms. The molecule has 0 saturated heterocycles. The first-order chi connectivity index (χ1) is 7.29. The molecule has 0 aliphatic heterocycles. The summed E-state index contributed by atoms with van der Waals surface area (Å²) < 4.78 is 1.47. The molecule has 76 valence electrons. The molecule has 2 heterocycles. The third-order valence-electron chi connectivity index (χ3n) is 1.62. The van der Waals surface area contributed by atoms with E-state index in [0.717, 1.165) is 4.88 Å². The number of nitrogens with zero attached hydrogens (tertiary/aromatic N) is 3. The first-order valence-corrected chi connectivity index (χ1v) is 4.93. The number of hydrogen-bond acceptors (Lipinski definition) is 5. The molecule has 0 fully saturated rings. The minimum absolute atomic E-state index is 0.0928.